The van der Waals surface area contributed by atoms with Crippen molar-refractivity contribution in [3.8, 4) is 0 Å². The maximum absolute atomic E-state index is 11.6. The van der Waals surface area contributed by atoms with Gasteiger partial charge in [0.15, 0.2) is 6.29 Å². The van der Waals surface area contributed by atoms with Gasteiger partial charge in [-0.25, -0.2) is 0 Å². The van der Waals surface area contributed by atoms with Crippen LogP contribution in [0.5, 0.6) is 0 Å². The molecule has 2 rings (SSSR count). The molecule has 0 unspecified atom stereocenters. The Kier molecular flexibility index (Phi) is 5.81. The van der Waals surface area contributed by atoms with Crippen LogP contribution in [0, 0.1) is 0 Å². The summed E-state index contributed by atoms with van der Waals surface area (Å²) in [5, 5.41) is 5.89. The molecule has 0 atom stereocenters. The highest BCUT2D eigenvalue weighted by atomic mass is 16.7. The third kappa shape index (κ3) is 5.38. The summed E-state index contributed by atoms with van der Waals surface area (Å²) in [5.41, 5.74) is 1.23. The Morgan fingerprint density at radius 2 is 1.95 bits per heavy atom. The summed E-state index contributed by atoms with van der Waals surface area (Å²) < 4.78 is 10.5. The highest BCUT2D eigenvalue weighted by Crippen LogP contribution is 2.01. The molecule has 1 saturated heterocycles. The smallest absolute Gasteiger partial charge is 0.233 e. The van der Waals surface area contributed by atoms with Crippen LogP contribution in [0.3, 0.4) is 0 Å². The van der Waals surface area contributed by atoms with E-state index >= 15 is 0 Å². The van der Waals surface area contributed by atoms with Crippen LogP contribution in [-0.2, 0) is 20.7 Å². The van der Waals surface area contributed by atoms with Crippen molar-refractivity contribution in [1.29, 1.82) is 0 Å². The van der Waals surface area contributed by atoms with E-state index in [1.54, 1.807) is 0 Å². The van der Waals surface area contributed by atoms with E-state index in [1.807, 2.05) is 18.2 Å². The van der Waals surface area contributed by atoms with Crippen LogP contribution >= 0.6 is 0 Å². The van der Waals surface area contributed by atoms with Gasteiger partial charge in [0, 0.05) is 13.1 Å². The highest BCUT2D eigenvalue weighted by Gasteiger charge is 2.15. The molecule has 0 radical (unpaired) electrons. The van der Waals surface area contributed by atoms with Crippen LogP contribution in [0.25, 0.3) is 0 Å². The van der Waals surface area contributed by atoms with E-state index in [9.17, 15) is 4.79 Å². The number of ether oxygens (including phenoxy) is 2. The summed E-state index contributed by atoms with van der Waals surface area (Å²) >= 11 is 0. The van der Waals surface area contributed by atoms with Gasteiger partial charge in [0.1, 0.15) is 0 Å². The molecule has 5 nitrogen and oxygen atoms in total. The van der Waals surface area contributed by atoms with Crippen molar-refractivity contribution in [3.05, 3.63) is 35.9 Å². The lowest BCUT2D eigenvalue weighted by Gasteiger charge is -2.10. The van der Waals surface area contributed by atoms with Gasteiger partial charge in [-0.15, -0.1) is 0 Å². The van der Waals surface area contributed by atoms with Crippen molar-refractivity contribution in [2.45, 2.75) is 12.7 Å². The van der Waals surface area contributed by atoms with Gasteiger partial charge in [-0.05, 0) is 12.0 Å². The molecule has 0 aromatic heterocycles. The fraction of sp³-hybridized carbons (Fsp3) is 0.500. The van der Waals surface area contributed by atoms with Crippen molar-refractivity contribution < 1.29 is 14.3 Å². The molecular formula is C14H20N2O3. The second-order valence-electron chi connectivity index (χ2n) is 4.39. The van der Waals surface area contributed by atoms with Crippen molar-refractivity contribution >= 4 is 5.91 Å². The van der Waals surface area contributed by atoms with Gasteiger partial charge in [0.25, 0.3) is 0 Å². The zero-order chi connectivity index (χ0) is 13.3. The van der Waals surface area contributed by atoms with Crippen LogP contribution in [0.15, 0.2) is 30.3 Å². The summed E-state index contributed by atoms with van der Waals surface area (Å²) in [6.07, 6.45) is 0.638. The van der Waals surface area contributed by atoms with E-state index in [0.717, 1.165) is 6.42 Å². The van der Waals surface area contributed by atoms with Gasteiger partial charge < -0.3 is 20.1 Å². The molecular weight excluding hydrogens is 244 g/mol. The third-order valence-corrected chi connectivity index (χ3v) is 2.87. The van der Waals surface area contributed by atoms with Gasteiger partial charge >= 0.3 is 0 Å². The molecule has 0 saturated carbocycles. The predicted octanol–water partition coefficient (Wildman–Crippen LogP) is 0.308. The molecule has 2 N–H and O–H groups in total. The van der Waals surface area contributed by atoms with Gasteiger partial charge in [-0.1, -0.05) is 30.3 Å². The maximum atomic E-state index is 11.6. The third-order valence-electron chi connectivity index (χ3n) is 2.87. The van der Waals surface area contributed by atoms with Crippen molar-refractivity contribution in [2.24, 2.45) is 0 Å². The first-order valence-corrected chi connectivity index (χ1v) is 6.59. The Hall–Kier alpha value is -1.43. The first-order chi connectivity index (χ1) is 9.34. The van der Waals surface area contributed by atoms with Crippen LogP contribution in [-0.4, -0.2) is 45.0 Å². The van der Waals surface area contributed by atoms with E-state index < -0.39 is 0 Å². The van der Waals surface area contributed by atoms with E-state index in [2.05, 4.69) is 22.8 Å². The number of hydrogen-bond donors (Lipinski definition) is 2. The molecule has 1 aromatic carbocycles. The number of carbonyl (C=O) groups excluding carboxylic acids is 1. The summed E-state index contributed by atoms with van der Waals surface area (Å²) in [7, 11) is 0. The zero-order valence-corrected chi connectivity index (χ0v) is 10.9. The first kappa shape index (κ1) is 14.0. The topological polar surface area (TPSA) is 59.6 Å². The predicted molar refractivity (Wildman–Crippen MR) is 71.7 cm³/mol. The molecule has 0 aliphatic carbocycles. The Balaban J connectivity index is 1.52. The number of amides is 1. The molecule has 104 valence electrons. The SMILES string of the molecule is O=C(CNCC1OCCO1)NCCc1ccccc1. The van der Waals surface area contributed by atoms with Crippen molar-refractivity contribution in [1.82, 2.24) is 10.6 Å². The highest BCUT2D eigenvalue weighted by molar-refractivity contribution is 5.77. The Labute approximate surface area is 113 Å². The van der Waals surface area contributed by atoms with Crippen LogP contribution < -0.4 is 10.6 Å². The maximum Gasteiger partial charge on any atom is 0.233 e. The zero-order valence-electron chi connectivity index (χ0n) is 10.9. The van der Waals surface area contributed by atoms with Crippen molar-refractivity contribution in [3.63, 3.8) is 0 Å². The van der Waals surface area contributed by atoms with E-state index in [0.29, 0.717) is 26.3 Å². The largest absolute Gasteiger partial charge is 0.355 e. The molecule has 1 aromatic rings. The number of rotatable bonds is 7. The fourth-order valence-corrected chi connectivity index (χ4v) is 1.88. The molecule has 1 aliphatic heterocycles. The van der Waals surface area contributed by atoms with Gasteiger partial charge in [0.2, 0.25) is 5.91 Å². The van der Waals surface area contributed by atoms with Crippen LogP contribution in [0.2, 0.25) is 0 Å². The lowest BCUT2D eigenvalue weighted by atomic mass is 10.1. The van der Waals surface area contributed by atoms with Crippen molar-refractivity contribution in [2.75, 3.05) is 32.8 Å². The monoisotopic (exact) mass is 264 g/mol. The van der Waals surface area contributed by atoms with Crippen LogP contribution in [0.1, 0.15) is 5.56 Å². The minimum atomic E-state index is -0.211. The Morgan fingerprint density at radius 1 is 1.21 bits per heavy atom. The lowest BCUT2D eigenvalue weighted by Crippen LogP contribution is -2.38. The Bertz CT molecular complexity index is 378. The average molecular weight is 264 g/mol. The Morgan fingerprint density at radius 3 is 2.68 bits per heavy atom. The van der Waals surface area contributed by atoms with Gasteiger partial charge in [0.05, 0.1) is 19.8 Å². The normalized spacial score (nSPS) is 15.6. The second kappa shape index (κ2) is 7.89. The van der Waals surface area contributed by atoms with E-state index in [1.165, 1.54) is 5.56 Å². The van der Waals surface area contributed by atoms with Crippen LogP contribution in [0.4, 0.5) is 0 Å². The van der Waals surface area contributed by atoms with Gasteiger partial charge in [-0.3, -0.25) is 4.79 Å². The number of hydrogen-bond acceptors (Lipinski definition) is 4. The van der Waals surface area contributed by atoms with E-state index in [4.69, 9.17) is 9.47 Å². The summed E-state index contributed by atoms with van der Waals surface area (Å²) in [6, 6.07) is 10.1. The molecule has 1 aliphatic rings. The summed E-state index contributed by atoms with van der Waals surface area (Å²) in [5.74, 6) is -0.00562. The number of nitrogens with one attached hydrogen (secondary N) is 2. The average Bonchev–Trinajstić information content (AvgIpc) is 2.93. The molecule has 1 heterocycles. The quantitative estimate of drug-likeness (QED) is 0.744. The molecule has 1 fully saturated rings. The molecule has 0 spiro atoms. The van der Waals surface area contributed by atoms with Gasteiger partial charge in [-0.2, -0.15) is 0 Å². The second-order valence-corrected chi connectivity index (χ2v) is 4.39. The minimum absolute atomic E-state index is 0.00562. The fourth-order valence-electron chi connectivity index (χ4n) is 1.88. The molecule has 0 bridgehead atoms. The lowest BCUT2D eigenvalue weighted by molar-refractivity contribution is -0.120. The molecule has 19 heavy (non-hydrogen) atoms. The molecule has 5 heteroatoms. The molecule has 1 amide bonds. The standard InChI is InChI=1S/C14H20N2O3/c17-13(10-15-11-14-18-8-9-19-14)16-7-6-12-4-2-1-3-5-12/h1-5,14-15H,6-11H2,(H,16,17). The minimum Gasteiger partial charge on any atom is -0.355 e. The first-order valence-electron chi connectivity index (χ1n) is 6.59. The summed E-state index contributed by atoms with van der Waals surface area (Å²) in [4.78, 5) is 11.6. The van der Waals surface area contributed by atoms with E-state index in [-0.39, 0.29) is 18.7 Å². The number of benzene rings is 1. The summed E-state index contributed by atoms with van der Waals surface area (Å²) in [6.45, 7) is 2.76. The number of carbonyl (C=O) groups is 1.